The van der Waals surface area contributed by atoms with Crippen molar-refractivity contribution in [2.75, 3.05) is 18.1 Å². The molecule has 0 aliphatic rings. The molecule has 2 rings (SSSR count). The van der Waals surface area contributed by atoms with Crippen LogP contribution in [0.25, 0.3) is 0 Å². The van der Waals surface area contributed by atoms with Gasteiger partial charge >= 0.3 is 5.97 Å². The summed E-state index contributed by atoms with van der Waals surface area (Å²) in [7, 11) is 0. The molecule has 148 valence electrons. The first-order valence-electron chi connectivity index (χ1n) is 9.46. The lowest BCUT2D eigenvalue weighted by Crippen LogP contribution is -2.42. The van der Waals surface area contributed by atoms with Gasteiger partial charge in [-0.1, -0.05) is 48.5 Å². The van der Waals surface area contributed by atoms with Gasteiger partial charge in [0.15, 0.2) is 5.11 Å². The van der Waals surface area contributed by atoms with Gasteiger partial charge in [-0.3, -0.25) is 9.59 Å². The van der Waals surface area contributed by atoms with Crippen molar-refractivity contribution in [3.05, 3.63) is 66.2 Å². The number of rotatable bonds is 9. The zero-order chi connectivity index (χ0) is 20.2. The molecule has 2 aromatic carbocycles. The van der Waals surface area contributed by atoms with Gasteiger partial charge in [0.1, 0.15) is 0 Å². The first kappa shape index (κ1) is 21.6. The third-order valence-corrected chi connectivity index (χ3v) is 4.47. The highest BCUT2D eigenvalue weighted by molar-refractivity contribution is 7.80. The van der Waals surface area contributed by atoms with E-state index >= 15 is 0 Å². The van der Waals surface area contributed by atoms with E-state index in [1.807, 2.05) is 72.5 Å². The molecule has 0 aromatic heterocycles. The number of carbonyl (C=O) groups excluding carboxylic acids is 2. The molecule has 1 N–H and O–H groups in total. The first-order chi connectivity index (χ1) is 13.6. The largest absolute Gasteiger partial charge is 0.466 e. The Balaban J connectivity index is 1.65. The molecule has 0 spiro atoms. The summed E-state index contributed by atoms with van der Waals surface area (Å²) in [5.74, 6) is -0.662. The minimum Gasteiger partial charge on any atom is -0.466 e. The van der Waals surface area contributed by atoms with E-state index in [4.69, 9.17) is 17.0 Å². The molecule has 1 amide bonds. The minimum atomic E-state index is -0.371. The lowest BCUT2D eigenvalue weighted by molar-refractivity contribution is -0.145. The molecule has 28 heavy (non-hydrogen) atoms. The van der Waals surface area contributed by atoms with Gasteiger partial charge in [0.05, 0.1) is 13.0 Å². The summed E-state index contributed by atoms with van der Waals surface area (Å²) in [6.45, 7) is 2.94. The molecule has 0 bridgehead atoms. The van der Waals surface area contributed by atoms with Crippen molar-refractivity contribution in [3.8, 4) is 0 Å². The Kier molecular flexibility index (Phi) is 9.15. The van der Waals surface area contributed by atoms with Crippen molar-refractivity contribution >= 4 is 34.9 Å². The van der Waals surface area contributed by atoms with Gasteiger partial charge in [0, 0.05) is 18.7 Å². The van der Waals surface area contributed by atoms with E-state index in [9.17, 15) is 9.59 Å². The fourth-order valence-electron chi connectivity index (χ4n) is 2.70. The maximum Gasteiger partial charge on any atom is 0.306 e. The van der Waals surface area contributed by atoms with E-state index in [2.05, 4.69) is 5.32 Å². The highest BCUT2D eigenvalue weighted by Crippen LogP contribution is 2.13. The Morgan fingerprint density at radius 2 is 1.64 bits per heavy atom. The molecule has 0 aliphatic heterocycles. The average Bonchev–Trinajstić information content (AvgIpc) is 2.72. The molecule has 2 aromatic rings. The van der Waals surface area contributed by atoms with Gasteiger partial charge in [-0.15, -0.1) is 0 Å². The third kappa shape index (κ3) is 7.48. The quantitative estimate of drug-likeness (QED) is 0.395. The molecule has 0 radical (unpaired) electrons. The average molecular weight is 399 g/mol. The number of para-hydroxylation sites is 1. The molecule has 0 aliphatic carbocycles. The third-order valence-electron chi connectivity index (χ3n) is 4.15. The van der Waals surface area contributed by atoms with E-state index in [-0.39, 0.29) is 24.7 Å². The second-order valence-corrected chi connectivity index (χ2v) is 6.63. The molecule has 0 saturated heterocycles. The number of hydrogen-bond acceptors (Lipinski definition) is 4. The normalized spacial score (nSPS) is 10.2. The molecule has 0 fully saturated rings. The Labute approximate surface area is 171 Å². The first-order valence-corrected chi connectivity index (χ1v) is 9.87. The topological polar surface area (TPSA) is 58.6 Å². The molecular formula is C22H26N2O3S. The lowest BCUT2D eigenvalue weighted by atomic mass is 10.1. The highest BCUT2D eigenvalue weighted by atomic mass is 32.1. The summed E-state index contributed by atoms with van der Waals surface area (Å²) in [5, 5.41) is 3.01. The van der Waals surface area contributed by atoms with E-state index in [0.717, 1.165) is 18.5 Å². The number of aryl methyl sites for hydroxylation is 1. The van der Waals surface area contributed by atoms with Crippen molar-refractivity contribution in [3.63, 3.8) is 0 Å². The van der Waals surface area contributed by atoms with Crippen LogP contribution in [0.15, 0.2) is 60.7 Å². The summed E-state index contributed by atoms with van der Waals surface area (Å²) in [6.07, 6.45) is 1.70. The van der Waals surface area contributed by atoms with Crippen LogP contribution in [-0.2, 0) is 20.7 Å². The van der Waals surface area contributed by atoms with Crippen LogP contribution >= 0.6 is 12.2 Å². The molecular weight excluding hydrogens is 372 g/mol. The number of carbonyl (C=O) groups is 2. The lowest BCUT2D eigenvalue weighted by Gasteiger charge is -2.23. The fourth-order valence-corrected chi connectivity index (χ4v) is 3.04. The number of benzene rings is 2. The Morgan fingerprint density at radius 1 is 1.00 bits per heavy atom. The van der Waals surface area contributed by atoms with Gasteiger partial charge < -0.3 is 15.0 Å². The predicted octanol–water partition coefficient (Wildman–Crippen LogP) is 3.87. The summed E-state index contributed by atoms with van der Waals surface area (Å²) in [6, 6.07) is 19.6. The fraction of sp³-hybridized carbons (Fsp3) is 0.318. The predicted molar refractivity (Wildman–Crippen MR) is 115 cm³/mol. The zero-order valence-electron chi connectivity index (χ0n) is 16.1. The maximum atomic E-state index is 12.1. The number of nitrogens with zero attached hydrogens (tertiary/aromatic N) is 1. The van der Waals surface area contributed by atoms with Gasteiger partial charge in [0.2, 0.25) is 5.91 Å². The van der Waals surface area contributed by atoms with Crippen LogP contribution in [0.5, 0.6) is 0 Å². The monoisotopic (exact) mass is 398 g/mol. The number of hydrogen-bond donors (Lipinski definition) is 1. The van der Waals surface area contributed by atoms with Gasteiger partial charge in [0.25, 0.3) is 0 Å². The molecule has 6 heteroatoms. The van der Waals surface area contributed by atoms with Crippen LogP contribution in [-0.4, -0.2) is 30.1 Å². The zero-order valence-corrected chi connectivity index (χ0v) is 16.9. The maximum absolute atomic E-state index is 12.1. The number of anilines is 1. The van der Waals surface area contributed by atoms with E-state index in [1.165, 1.54) is 5.56 Å². The smallest absolute Gasteiger partial charge is 0.306 e. The minimum absolute atomic E-state index is 0.0389. The molecule has 0 saturated carbocycles. The van der Waals surface area contributed by atoms with Crippen LogP contribution in [0.2, 0.25) is 0 Å². The molecule has 0 atom stereocenters. The van der Waals surface area contributed by atoms with Crippen molar-refractivity contribution in [2.24, 2.45) is 0 Å². The second kappa shape index (κ2) is 11.9. The van der Waals surface area contributed by atoms with Crippen LogP contribution in [0.3, 0.4) is 0 Å². The number of amides is 1. The summed E-state index contributed by atoms with van der Waals surface area (Å²) in [5.41, 5.74) is 2.12. The van der Waals surface area contributed by atoms with Crippen LogP contribution in [0, 0.1) is 0 Å². The molecule has 0 unspecified atom stereocenters. The number of ether oxygens (including phenoxy) is 1. The molecule has 5 nitrogen and oxygen atoms in total. The van der Waals surface area contributed by atoms with Gasteiger partial charge in [-0.05, 0) is 49.7 Å². The van der Waals surface area contributed by atoms with Crippen LogP contribution in [0.1, 0.15) is 31.7 Å². The Morgan fingerprint density at radius 3 is 2.29 bits per heavy atom. The summed E-state index contributed by atoms with van der Waals surface area (Å²) in [4.78, 5) is 25.7. The molecule has 0 heterocycles. The Bertz CT molecular complexity index is 766. The van der Waals surface area contributed by atoms with Crippen molar-refractivity contribution < 1.29 is 14.3 Å². The number of nitrogens with one attached hydrogen (secondary N) is 1. The highest BCUT2D eigenvalue weighted by Gasteiger charge is 2.14. The van der Waals surface area contributed by atoms with E-state index < -0.39 is 0 Å². The number of esters is 1. The summed E-state index contributed by atoms with van der Waals surface area (Å²) < 4.78 is 5.19. The second-order valence-electron chi connectivity index (χ2n) is 6.24. The standard InChI is InChI=1S/C22H26N2O3S/c1-2-24(19-13-7-4-8-14-19)22(28)23-20(25)15-16-21(26)27-17-9-12-18-10-5-3-6-11-18/h3-8,10-11,13-14H,2,9,12,15-17H2,1H3,(H,23,25,28). The van der Waals surface area contributed by atoms with E-state index in [1.54, 1.807) is 0 Å². The summed E-state index contributed by atoms with van der Waals surface area (Å²) >= 11 is 5.32. The SMILES string of the molecule is CCN(C(=S)NC(=O)CCC(=O)OCCCc1ccccc1)c1ccccc1. The van der Waals surface area contributed by atoms with Gasteiger partial charge in [-0.2, -0.15) is 0 Å². The van der Waals surface area contributed by atoms with Crippen LogP contribution < -0.4 is 10.2 Å². The van der Waals surface area contributed by atoms with Crippen molar-refractivity contribution in [1.82, 2.24) is 5.32 Å². The van der Waals surface area contributed by atoms with Crippen LogP contribution in [0.4, 0.5) is 5.69 Å². The van der Waals surface area contributed by atoms with E-state index in [0.29, 0.717) is 18.3 Å². The Hall–Kier alpha value is -2.73. The number of thiocarbonyl (C=S) groups is 1. The van der Waals surface area contributed by atoms with Crippen molar-refractivity contribution in [2.45, 2.75) is 32.6 Å². The van der Waals surface area contributed by atoms with Crippen molar-refractivity contribution in [1.29, 1.82) is 0 Å². The van der Waals surface area contributed by atoms with Gasteiger partial charge in [-0.25, -0.2) is 0 Å².